The minimum atomic E-state index is -1.67. The van der Waals surface area contributed by atoms with Crippen molar-refractivity contribution in [3.63, 3.8) is 0 Å². The van der Waals surface area contributed by atoms with Crippen LogP contribution in [0, 0.1) is 6.07 Å². The maximum Gasteiger partial charge on any atom is 2.00 e. The summed E-state index contributed by atoms with van der Waals surface area (Å²) in [6.07, 6.45) is 1.69. The maximum absolute atomic E-state index is 12.1. The van der Waals surface area contributed by atoms with Gasteiger partial charge in [-0.2, -0.15) is 36.4 Å². The zero-order valence-corrected chi connectivity index (χ0v) is 52.0. The fourth-order valence-electron chi connectivity index (χ4n) is 8.46. The molecule has 0 aliphatic carbocycles. The molecule has 4 heterocycles. The Kier molecular flexibility index (Phi) is 25.0. The van der Waals surface area contributed by atoms with Gasteiger partial charge in [-0.05, 0) is 89.5 Å². The molecule has 22 heteroatoms. The number of carbonyl (C=O) groups is 3. The molecule has 8 N–H and O–H groups in total. The first-order chi connectivity index (χ1) is 37.8. The molecule has 0 radical (unpaired) electrons. The van der Waals surface area contributed by atoms with Crippen LogP contribution < -0.4 is 38.7 Å². The number of halogens is 8. The van der Waals surface area contributed by atoms with Gasteiger partial charge < -0.3 is 54.0 Å². The van der Waals surface area contributed by atoms with Gasteiger partial charge >= 0.3 is 65.1 Å². The van der Waals surface area contributed by atoms with Crippen molar-refractivity contribution in [2.45, 2.75) is 16.8 Å². The predicted octanol–water partition coefficient (Wildman–Crippen LogP) is 10.3. The number of amides is 2. The molecule has 0 saturated heterocycles. The molecule has 4 aliphatic rings. The molecular weight excluding hydrogens is 1340 g/mol. The topological polar surface area (TPSA) is 199 Å². The summed E-state index contributed by atoms with van der Waals surface area (Å²) < 4.78 is 0. The van der Waals surface area contributed by atoms with E-state index in [1.807, 2.05) is 103 Å². The van der Waals surface area contributed by atoms with Crippen molar-refractivity contribution >= 4 is 151 Å². The van der Waals surface area contributed by atoms with Crippen LogP contribution in [0.2, 0.25) is 20.1 Å². The van der Waals surface area contributed by atoms with Crippen LogP contribution in [-0.4, -0.2) is 74.2 Å². The van der Waals surface area contributed by atoms with Crippen molar-refractivity contribution in [1.82, 2.24) is 0 Å². The van der Waals surface area contributed by atoms with Crippen LogP contribution in [0.25, 0.3) is 0 Å². The second-order valence-corrected chi connectivity index (χ2v) is 26.2. The number of benzene rings is 8. The van der Waals surface area contributed by atoms with E-state index in [9.17, 15) is 29.7 Å². The first kappa shape index (κ1) is 66.6. The van der Waals surface area contributed by atoms with Crippen molar-refractivity contribution < 1.29 is 59.7 Å². The van der Waals surface area contributed by atoms with E-state index in [-0.39, 0.29) is 45.9 Å². The molecule has 414 valence electrons. The summed E-state index contributed by atoms with van der Waals surface area (Å²) in [6.45, 7) is 4.10. The Balaban J connectivity index is 0.000000188. The largest absolute Gasteiger partial charge is 2.00 e. The molecule has 3 atom stereocenters. The predicted molar refractivity (Wildman–Crippen MR) is 322 cm³/mol. The summed E-state index contributed by atoms with van der Waals surface area (Å²) in [5, 5.41) is 43.3. The number of aliphatic imine (C=N–C) groups is 2. The van der Waals surface area contributed by atoms with E-state index in [1.165, 1.54) is 6.07 Å². The molecule has 0 spiro atoms. The molecule has 4 aliphatic heterocycles. The molecule has 0 aromatic heterocycles. The normalized spacial score (nSPS) is 18.5. The Labute approximate surface area is 531 Å². The Morgan fingerprint density at radius 3 is 1.47 bits per heavy atom. The molecule has 3 unspecified atom stereocenters. The standard InChI is InChI=1S/C17H15ClN2O.C14H11ClN2O.C14H10ClNO2.C8H4ClNO2.C6H5.BrH.3ClH.Mg.Rh/c1-2-10-19-16-17(21,12-6-4-3-5-7-12)14-11-13(18)8-9-15(14)20-16;15-10-6-7-12-11(8-10)14(18,13(16)17-12)9-4-2-1-3-5-9;15-10-6-7-12-11(8-10)14(18,13(17)16-12)9-4-2-1-3-5-9;9-4-1-2-6-5(3-4)7(11)8(12)10-6;1-2-4-6-5-3-1;;;;;;/h2-9,11,21H,1,10H2,(H,19,20);1-8,18H,(H2,16,17);1-8,18H,(H,16,17);1-3H,(H,10,11,12);1-5H;4*1H;;/q;;;;-1;;;;;+2;+3/p-4. The smallest absolute Gasteiger partial charge is 0.184 e. The van der Waals surface area contributed by atoms with Gasteiger partial charge in [0.2, 0.25) is 0 Å². The number of rotatable bonds is 5. The average molecular weight is 1390 g/mol. The summed E-state index contributed by atoms with van der Waals surface area (Å²) in [6, 6.07) is 60.3. The molecule has 0 fully saturated rings. The monoisotopic (exact) mass is 1380 g/mol. The van der Waals surface area contributed by atoms with Crippen molar-refractivity contribution in [3.8, 4) is 0 Å². The second kappa shape index (κ2) is 30.4. The third-order valence-electron chi connectivity index (χ3n) is 12.1. The first-order valence-corrected chi connectivity index (χ1v) is 31.2. The number of hydrogen-bond acceptors (Lipinski definition) is 9. The summed E-state index contributed by atoms with van der Waals surface area (Å²) in [4.78, 5) is 42.6. The fraction of sp³-hybridized carbons (Fsp3) is 0.0678. The quantitative estimate of drug-likeness (QED) is 0.0382. The zero-order chi connectivity index (χ0) is 56.9. The van der Waals surface area contributed by atoms with Gasteiger partial charge in [-0.1, -0.05) is 143 Å². The number of nitrogens with zero attached hydrogens (tertiary/aromatic N) is 2. The van der Waals surface area contributed by atoms with E-state index in [4.69, 9.17) is 81.2 Å². The SMILES string of the molecule is C=CCN=C1Nc2ccc(Cl)cc2C1(O)c1ccccc1.NC1=Nc2ccc(Cl)cc2C1(O)c1ccccc1.O=C1Nc2ccc(Cl)cc2C1(O)c1ccccc1.O=C1Nc2ccc(Cl)cc2C1=O.[Br-].[Cl][Rh]([Cl])[Cl].[Mg+2].[c-]1ccccc1. The number of ketones is 1. The van der Waals surface area contributed by atoms with Gasteiger partial charge in [-0.25, -0.2) is 4.99 Å². The van der Waals surface area contributed by atoms with E-state index >= 15 is 0 Å². The van der Waals surface area contributed by atoms with Crippen LogP contribution in [0.4, 0.5) is 22.7 Å². The Morgan fingerprint density at radius 1 is 0.568 bits per heavy atom. The van der Waals surface area contributed by atoms with Crippen LogP contribution in [0.1, 0.15) is 43.7 Å². The number of nitrogens with two attached hydrogens (primary N) is 1. The number of nitrogens with one attached hydrogen (secondary N) is 3. The van der Waals surface area contributed by atoms with Crippen LogP contribution in [0.3, 0.4) is 0 Å². The molecule has 8 aromatic rings. The zero-order valence-electron chi connectivity index (χ0n) is 42.1. The van der Waals surface area contributed by atoms with Crippen molar-refractivity contribution in [2.24, 2.45) is 15.7 Å². The Morgan fingerprint density at radius 2 is 0.988 bits per heavy atom. The molecule has 0 bridgehead atoms. The summed E-state index contributed by atoms with van der Waals surface area (Å²) >= 11 is 22.0. The van der Waals surface area contributed by atoms with Gasteiger partial charge in [-0.15, -0.1) is 6.58 Å². The van der Waals surface area contributed by atoms with E-state index in [1.54, 1.807) is 91.0 Å². The van der Waals surface area contributed by atoms with Gasteiger partial charge in [0.25, 0.3) is 17.6 Å². The van der Waals surface area contributed by atoms with Gasteiger partial charge in [0, 0.05) is 48.2 Å². The minimum absolute atomic E-state index is 0. The number of fused-ring (bicyclic) bond motifs is 4. The molecule has 8 aromatic carbocycles. The Hall–Kier alpha value is -5.17. The van der Waals surface area contributed by atoms with Gasteiger partial charge in [0.1, 0.15) is 11.7 Å². The number of carbonyl (C=O) groups excluding carboxylic acids is 3. The third-order valence-corrected chi connectivity index (χ3v) is 13.1. The van der Waals surface area contributed by atoms with E-state index in [0.29, 0.717) is 82.9 Å². The molecule has 12 nitrogen and oxygen atoms in total. The molecule has 2 amide bonds. The van der Waals surface area contributed by atoms with E-state index < -0.39 is 47.4 Å². The van der Waals surface area contributed by atoms with Gasteiger partial charge in [-0.3, -0.25) is 19.4 Å². The van der Waals surface area contributed by atoms with Crippen molar-refractivity contribution in [3.05, 3.63) is 272 Å². The van der Waals surface area contributed by atoms with Crippen LogP contribution in [0.5, 0.6) is 0 Å². The molecule has 81 heavy (non-hydrogen) atoms. The minimum Gasteiger partial charge on any atom is -0.184 e. The number of Topliss-reactive ketones (excluding diaryl/α,β-unsaturated/α-hetero) is 1. The molecular formula is C59H45BrCl7MgN6O6Rh. The van der Waals surface area contributed by atoms with Gasteiger partial charge in [0.15, 0.2) is 16.8 Å². The maximum atomic E-state index is 12.1. The number of aliphatic hydroxyl groups is 3. The third kappa shape index (κ3) is 15.7. The number of anilines is 3. The first-order valence-electron chi connectivity index (χ1n) is 23.4. The molecule has 0 saturated carbocycles. The van der Waals surface area contributed by atoms with Crippen LogP contribution in [0.15, 0.2) is 217 Å². The fourth-order valence-corrected chi connectivity index (χ4v) is 9.15. The van der Waals surface area contributed by atoms with Crippen LogP contribution >= 0.6 is 75.5 Å². The molecule has 12 rings (SSSR count). The van der Waals surface area contributed by atoms with E-state index in [2.05, 4.69) is 38.6 Å². The van der Waals surface area contributed by atoms with Gasteiger partial charge in [0.05, 0.1) is 23.5 Å². The van der Waals surface area contributed by atoms with E-state index in [0.717, 1.165) is 11.3 Å². The average Bonchev–Trinajstić information content (AvgIpc) is 4.32. The second-order valence-electron chi connectivity index (χ2n) is 17.0. The van der Waals surface area contributed by atoms with Crippen molar-refractivity contribution in [2.75, 3.05) is 22.5 Å². The number of amidine groups is 2. The summed E-state index contributed by atoms with van der Waals surface area (Å²) in [5.41, 5.74) is 8.29. The van der Waals surface area contributed by atoms with Crippen LogP contribution in [-0.2, 0) is 39.4 Å². The van der Waals surface area contributed by atoms with Crippen molar-refractivity contribution in [1.29, 1.82) is 0 Å². The summed E-state index contributed by atoms with van der Waals surface area (Å²) in [7, 11) is 14.8. The number of hydrogen-bond donors (Lipinski definition) is 7. The Bertz CT molecular complexity index is 3500. The summed E-state index contributed by atoms with van der Waals surface area (Å²) in [5.74, 6) is -0.900.